The quantitative estimate of drug-likeness (QED) is 0.189. The van der Waals surface area contributed by atoms with Crippen molar-refractivity contribution in [2.75, 3.05) is 0 Å². The summed E-state index contributed by atoms with van der Waals surface area (Å²) in [4.78, 5) is 19.5. The molecule has 4 aromatic rings. The molecule has 6 nitrogen and oxygen atoms in total. The Hall–Kier alpha value is -3.48. The topological polar surface area (TPSA) is 81.5 Å². The number of nitro benzene ring substituents is 1. The fourth-order valence-electron chi connectivity index (χ4n) is 2.84. The van der Waals surface area contributed by atoms with Crippen LogP contribution in [0.2, 0.25) is 10.0 Å². The lowest BCUT2D eigenvalue weighted by atomic mass is 10.1. The predicted molar refractivity (Wildman–Crippen MR) is 120 cm³/mol. The lowest BCUT2D eigenvalue weighted by Crippen LogP contribution is -1.90. The second-order valence-electron chi connectivity index (χ2n) is 6.25. The molecule has 4 rings (SSSR count). The van der Waals surface area contributed by atoms with Gasteiger partial charge in [0.15, 0.2) is 5.58 Å². The fourth-order valence-corrected chi connectivity index (χ4v) is 3.21. The molecule has 0 spiro atoms. The number of para-hydroxylation sites is 1. The van der Waals surface area contributed by atoms with Gasteiger partial charge < -0.3 is 4.42 Å². The molecule has 1 aromatic heterocycles. The van der Waals surface area contributed by atoms with Crippen LogP contribution >= 0.6 is 23.2 Å². The number of rotatable bonds is 5. The number of hydrogen-bond acceptors (Lipinski definition) is 5. The summed E-state index contributed by atoms with van der Waals surface area (Å²) in [5.41, 5.74) is 3.03. The molecule has 0 saturated heterocycles. The Morgan fingerprint density at radius 3 is 2.73 bits per heavy atom. The number of benzene rings is 3. The SMILES string of the molecule is O=[N+]([O-])c1ccccc1C=CC=Nc1ccc2oc(-c3cc(Cl)ccc3Cl)nc2c1. The van der Waals surface area contributed by atoms with Gasteiger partial charge in [0.1, 0.15) is 5.52 Å². The zero-order valence-corrected chi connectivity index (χ0v) is 16.8. The molecule has 0 aliphatic rings. The van der Waals surface area contributed by atoms with E-state index in [-0.39, 0.29) is 5.69 Å². The van der Waals surface area contributed by atoms with Crippen molar-refractivity contribution in [3.8, 4) is 11.5 Å². The summed E-state index contributed by atoms with van der Waals surface area (Å²) in [6, 6.07) is 16.9. The van der Waals surface area contributed by atoms with Crippen molar-refractivity contribution >= 4 is 58.0 Å². The highest BCUT2D eigenvalue weighted by molar-refractivity contribution is 6.35. The summed E-state index contributed by atoms with van der Waals surface area (Å²) in [5, 5.41) is 12.1. The lowest BCUT2D eigenvalue weighted by Gasteiger charge is -1.99. The number of allylic oxidation sites excluding steroid dienone is 1. The minimum Gasteiger partial charge on any atom is -0.436 e. The van der Waals surface area contributed by atoms with Crippen LogP contribution in [-0.4, -0.2) is 16.1 Å². The largest absolute Gasteiger partial charge is 0.436 e. The number of aliphatic imine (C=N–C) groups is 1. The van der Waals surface area contributed by atoms with Crippen molar-refractivity contribution in [2.24, 2.45) is 4.99 Å². The highest BCUT2D eigenvalue weighted by Crippen LogP contribution is 2.33. The molecule has 0 aliphatic heterocycles. The molecule has 1 heterocycles. The van der Waals surface area contributed by atoms with Gasteiger partial charge in [-0.3, -0.25) is 15.1 Å². The van der Waals surface area contributed by atoms with Crippen molar-refractivity contribution < 1.29 is 9.34 Å². The molecular formula is C22H13Cl2N3O3. The van der Waals surface area contributed by atoms with Crippen molar-refractivity contribution in [3.63, 3.8) is 0 Å². The summed E-state index contributed by atoms with van der Waals surface area (Å²) in [6.45, 7) is 0. The highest BCUT2D eigenvalue weighted by atomic mass is 35.5. The molecule has 0 N–H and O–H groups in total. The highest BCUT2D eigenvalue weighted by Gasteiger charge is 2.13. The maximum atomic E-state index is 11.1. The fraction of sp³-hybridized carbons (Fsp3) is 0. The number of nitrogens with zero attached hydrogens (tertiary/aromatic N) is 3. The van der Waals surface area contributed by atoms with Gasteiger partial charge in [0.2, 0.25) is 5.89 Å². The zero-order chi connectivity index (χ0) is 21.1. The Labute approximate surface area is 181 Å². The van der Waals surface area contributed by atoms with Crippen molar-refractivity contribution in [1.29, 1.82) is 0 Å². The Kier molecular flexibility index (Phi) is 5.61. The molecule has 0 aliphatic carbocycles. The molecule has 0 fully saturated rings. The number of nitro groups is 1. The Bertz CT molecular complexity index is 1310. The Morgan fingerprint density at radius 1 is 1.07 bits per heavy atom. The first-order chi connectivity index (χ1) is 14.5. The van der Waals surface area contributed by atoms with Crippen LogP contribution < -0.4 is 0 Å². The Morgan fingerprint density at radius 2 is 1.90 bits per heavy atom. The molecule has 148 valence electrons. The van der Waals surface area contributed by atoms with E-state index in [1.54, 1.807) is 73.0 Å². The summed E-state index contributed by atoms with van der Waals surface area (Å²) in [6.07, 6.45) is 4.84. The second-order valence-corrected chi connectivity index (χ2v) is 7.09. The lowest BCUT2D eigenvalue weighted by molar-refractivity contribution is -0.385. The number of halogens is 2. The van der Waals surface area contributed by atoms with E-state index in [1.165, 1.54) is 6.07 Å². The molecule has 0 unspecified atom stereocenters. The van der Waals surface area contributed by atoms with Crippen LogP contribution in [0, 0.1) is 10.1 Å². The summed E-state index contributed by atoms with van der Waals surface area (Å²) in [7, 11) is 0. The normalized spacial score (nSPS) is 11.7. The number of aromatic nitrogens is 1. The van der Waals surface area contributed by atoms with E-state index in [4.69, 9.17) is 27.6 Å². The number of hydrogen-bond donors (Lipinski definition) is 0. The maximum absolute atomic E-state index is 11.1. The van der Waals surface area contributed by atoms with Crippen molar-refractivity contribution in [1.82, 2.24) is 4.98 Å². The third kappa shape index (κ3) is 4.25. The van der Waals surface area contributed by atoms with E-state index in [9.17, 15) is 10.1 Å². The molecule has 0 amide bonds. The van der Waals surface area contributed by atoms with E-state index < -0.39 is 4.92 Å². The van der Waals surface area contributed by atoms with Gasteiger partial charge in [-0.25, -0.2) is 4.98 Å². The van der Waals surface area contributed by atoms with E-state index in [1.807, 2.05) is 0 Å². The van der Waals surface area contributed by atoms with Crippen LogP contribution in [0.4, 0.5) is 11.4 Å². The van der Waals surface area contributed by atoms with Gasteiger partial charge in [0.25, 0.3) is 5.69 Å². The molecule has 0 saturated carbocycles. The van der Waals surface area contributed by atoms with E-state index in [2.05, 4.69) is 9.98 Å². The van der Waals surface area contributed by atoms with Gasteiger partial charge in [-0.1, -0.05) is 35.3 Å². The molecule has 0 radical (unpaired) electrons. The standard InChI is InChI=1S/C22H13Cl2N3O3/c23-15-7-9-18(24)17(12-15)22-26-19-13-16(8-10-21(19)30-22)25-11-3-5-14-4-1-2-6-20(14)27(28)29/h1-13H. The van der Waals surface area contributed by atoms with Crippen LogP contribution in [0.1, 0.15) is 5.56 Å². The smallest absolute Gasteiger partial charge is 0.276 e. The average Bonchev–Trinajstić information content (AvgIpc) is 3.16. The number of oxazole rings is 1. The summed E-state index contributed by atoms with van der Waals surface area (Å²) >= 11 is 12.3. The molecule has 0 bridgehead atoms. The predicted octanol–water partition coefficient (Wildman–Crippen LogP) is 7.13. The van der Waals surface area contributed by atoms with E-state index in [0.717, 1.165) is 0 Å². The third-order valence-corrected chi connectivity index (χ3v) is 4.81. The van der Waals surface area contributed by atoms with E-state index >= 15 is 0 Å². The average molecular weight is 438 g/mol. The van der Waals surface area contributed by atoms with Crippen LogP contribution in [0.15, 0.2) is 76.1 Å². The van der Waals surface area contributed by atoms with Gasteiger partial charge in [-0.05, 0) is 54.6 Å². The van der Waals surface area contributed by atoms with Gasteiger partial charge in [-0.15, -0.1) is 0 Å². The minimum atomic E-state index is -0.418. The summed E-state index contributed by atoms with van der Waals surface area (Å²) in [5.74, 6) is 0.370. The van der Waals surface area contributed by atoms with Crippen LogP contribution in [0.25, 0.3) is 28.6 Å². The van der Waals surface area contributed by atoms with Gasteiger partial charge in [-0.2, -0.15) is 0 Å². The maximum Gasteiger partial charge on any atom is 0.276 e. The minimum absolute atomic E-state index is 0.0402. The van der Waals surface area contributed by atoms with Crippen molar-refractivity contribution in [2.45, 2.75) is 0 Å². The first kappa shape index (κ1) is 19.8. The molecule has 30 heavy (non-hydrogen) atoms. The number of fused-ring (bicyclic) bond motifs is 1. The van der Waals surface area contributed by atoms with Crippen LogP contribution in [0.3, 0.4) is 0 Å². The van der Waals surface area contributed by atoms with Gasteiger partial charge in [0.05, 0.1) is 26.8 Å². The summed E-state index contributed by atoms with van der Waals surface area (Å²) < 4.78 is 5.78. The van der Waals surface area contributed by atoms with Gasteiger partial charge >= 0.3 is 0 Å². The van der Waals surface area contributed by atoms with E-state index in [0.29, 0.717) is 43.9 Å². The monoisotopic (exact) mass is 437 g/mol. The van der Waals surface area contributed by atoms with Crippen molar-refractivity contribution in [3.05, 3.63) is 92.5 Å². The zero-order valence-electron chi connectivity index (χ0n) is 15.3. The second kappa shape index (κ2) is 8.49. The molecule has 0 atom stereocenters. The molecular weight excluding hydrogens is 425 g/mol. The first-order valence-electron chi connectivity index (χ1n) is 8.81. The Balaban J connectivity index is 1.57. The van der Waals surface area contributed by atoms with Crippen LogP contribution in [0.5, 0.6) is 0 Å². The first-order valence-corrected chi connectivity index (χ1v) is 9.57. The van der Waals surface area contributed by atoms with Gasteiger partial charge in [0, 0.05) is 17.3 Å². The molecule has 8 heteroatoms. The van der Waals surface area contributed by atoms with Crippen LogP contribution in [-0.2, 0) is 0 Å². The third-order valence-electron chi connectivity index (χ3n) is 4.25. The molecule has 3 aromatic carbocycles.